The van der Waals surface area contributed by atoms with Crippen LogP contribution in [-0.4, -0.2) is 22.1 Å². The van der Waals surface area contributed by atoms with Gasteiger partial charge in [0, 0.05) is 37.8 Å². The lowest BCUT2D eigenvalue weighted by atomic mass is 9.88. The summed E-state index contributed by atoms with van der Waals surface area (Å²) in [6.45, 7) is 0.201. The summed E-state index contributed by atoms with van der Waals surface area (Å²) in [4.78, 5) is 12.5. The van der Waals surface area contributed by atoms with Gasteiger partial charge >= 0.3 is 0 Å². The Balaban J connectivity index is 1.67. The lowest BCUT2D eigenvalue weighted by Gasteiger charge is -2.19. The van der Waals surface area contributed by atoms with E-state index in [-0.39, 0.29) is 18.4 Å². The Kier molecular flexibility index (Phi) is 5.87. The van der Waals surface area contributed by atoms with Crippen molar-refractivity contribution in [2.24, 2.45) is 7.05 Å². The molecule has 1 atom stereocenters. The number of carbonyl (C=O) groups is 1. The van der Waals surface area contributed by atoms with Gasteiger partial charge in [-0.1, -0.05) is 60.7 Å². The van der Waals surface area contributed by atoms with Crippen LogP contribution in [0.1, 0.15) is 35.3 Å². The fourth-order valence-electron chi connectivity index (χ4n) is 3.19. The van der Waals surface area contributed by atoms with Crippen LogP contribution in [0.25, 0.3) is 0 Å². The lowest BCUT2D eigenvalue weighted by molar-refractivity contribution is -0.121. The molecule has 1 heterocycles. The molecule has 26 heavy (non-hydrogen) atoms. The molecule has 0 saturated carbocycles. The van der Waals surface area contributed by atoms with E-state index < -0.39 is 6.10 Å². The molecule has 2 N–H and O–H groups in total. The predicted molar refractivity (Wildman–Crippen MR) is 103 cm³/mol. The third-order valence-corrected chi connectivity index (χ3v) is 4.61. The van der Waals surface area contributed by atoms with Gasteiger partial charge in [0.25, 0.3) is 0 Å². The van der Waals surface area contributed by atoms with Crippen molar-refractivity contribution < 1.29 is 9.90 Å². The summed E-state index contributed by atoms with van der Waals surface area (Å²) in [7, 11) is 1.88. The molecule has 0 saturated heterocycles. The summed E-state index contributed by atoms with van der Waals surface area (Å²) < 4.78 is 1.85. The van der Waals surface area contributed by atoms with Crippen molar-refractivity contribution in [3.05, 3.63) is 95.8 Å². The molecule has 4 heteroatoms. The van der Waals surface area contributed by atoms with Gasteiger partial charge in [-0.3, -0.25) is 4.79 Å². The quantitative estimate of drug-likeness (QED) is 0.688. The zero-order chi connectivity index (χ0) is 18.4. The molecule has 0 spiro atoms. The molecule has 0 bridgehead atoms. The van der Waals surface area contributed by atoms with Crippen molar-refractivity contribution in [2.45, 2.75) is 18.4 Å². The van der Waals surface area contributed by atoms with E-state index in [0.29, 0.717) is 6.42 Å². The Labute approximate surface area is 154 Å². The first-order chi connectivity index (χ1) is 12.6. The van der Waals surface area contributed by atoms with Crippen LogP contribution in [0.2, 0.25) is 0 Å². The number of aryl methyl sites for hydroxylation is 1. The Bertz CT molecular complexity index is 788. The highest BCUT2D eigenvalue weighted by Crippen LogP contribution is 2.27. The highest BCUT2D eigenvalue weighted by molar-refractivity contribution is 5.77. The smallest absolute Gasteiger partial charge is 0.221 e. The van der Waals surface area contributed by atoms with Gasteiger partial charge in [0.2, 0.25) is 5.91 Å². The van der Waals surface area contributed by atoms with Crippen LogP contribution in [0.3, 0.4) is 0 Å². The number of rotatable bonds is 7. The molecule has 0 aliphatic heterocycles. The van der Waals surface area contributed by atoms with Crippen molar-refractivity contribution in [1.82, 2.24) is 9.88 Å². The van der Waals surface area contributed by atoms with Crippen molar-refractivity contribution in [3.63, 3.8) is 0 Å². The van der Waals surface area contributed by atoms with Crippen LogP contribution in [0, 0.1) is 0 Å². The van der Waals surface area contributed by atoms with Crippen LogP contribution in [0.4, 0.5) is 0 Å². The second-order valence-electron chi connectivity index (χ2n) is 6.44. The number of aromatic nitrogens is 1. The average Bonchev–Trinajstić information content (AvgIpc) is 3.11. The Morgan fingerprint density at radius 1 is 0.962 bits per heavy atom. The molecule has 1 amide bonds. The molecule has 0 radical (unpaired) electrons. The second-order valence-corrected chi connectivity index (χ2v) is 6.44. The van der Waals surface area contributed by atoms with E-state index in [1.807, 2.05) is 90.6 Å². The zero-order valence-corrected chi connectivity index (χ0v) is 14.9. The maximum Gasteiger partial charge on any atom is 0.221 e. The van der Waals surface area contributed by atoms with Crippen LogP contribution in [-0.2, 0) is 11.8 Å². The Morgan fingerprint density at radius 3 is 2.04 bits per heavy atom. The number of nitrogens with one attached hydrogen (secondary N) is 1. The predicted octanol–water partition coefficient (Wildman–Crippen LogP) is 3.40. The molecule has 3 aromatic rings. The van der Waals surface area contributed by atoms with E-state index in [1.165, 1.54) is 0 Å². The van der Waals surface area contributed by atoms with Crippen molar-refractivity contribution >= 4 is 5.91 Å². The van der Waals surface area contributed by atoms with Gasteiger partial charge in [0.15, 0.2) is 0 Å². The highest BCUT2D eigenvalue weighted by Gasteiger charge is 2.19. The van der Waals surface area contributed by atoms with Crippen molar-refractivity contribution in [3.8, 4) is 0 Å². The van der Waals surface area contributed by atoms with Crippen molar-refractivity contribution in [2.75, 3.05) is 6.54 Å². The first kappa shape index (κ1) is 18.0. The summed E-state index contributed by atoms with van der Waals surface area (Å²) in [5.74, 6) is -0.0828. The van der Waals surface area contributed by atoms with Gasteiger partial charge in [-0.05, 0) is 23.3 Å². The topological polar surface area (TPSA) is 54.3 Å². The molecule has 2 aromatic carbocycles. The first-order valence-electron chi connectivity index (χ1n) is 8.81. The summed E-state index contributed by atoms with van der Waals surface area (Å²) in [5.41, 5.74) is 3.00. The van der Waals surface area contributed by atoms with Crippen LogP contribution in [0.5, 0.6) is 0 Å². The second kappa shape index (κ2) is 8.50. The number of nitrogens with zero attached hydrogens (tertiary/aromatic N) is 1. The van der Waals surface area contributed by atoms with E-state index in [0.717, 1.165) is 16.8 Å². The van der Waals surface area contributed by atoms with Gasteiger partial charge in [-0.25, -0.2) is 0 Å². The summed E-state index contributed by atoms with van der Waals surface area (Å²) >= 11 is 0. The summed E-state index contributed by atoms with van der Waals surface area (Å²) in [5, 5.41) is 13.1. The largest absolute Gasteiger partial charge is 0.385 e. The minimum Gasteiger partial charge on any atom is -0.385 e. The maximum atomic E-state index is 12.5. The first-order valence-corrected chi connectivity index (χ1v) is 8.81. The van der Waals surface area contributed by atoms with E-state index in [1.54, 1.807) is 0 Å². The fourth-order valence-corrected chi connectivity index (χ4v) is 3.19. The minimum absolute atomic E-state index is 0.00965. The Hall–Kier alpha value is -2.85. The molecule has 0 aliphatic carbocycles. The monoisotopic (exact) mass is 348 g/mol. The number of hydrogen-bond donors (Lipinski definition) is 2. The van der Waals surface area contributed by atoms with E-state index in [4.69, 9.17) is 0 Å². The number of aliphatic hydroxyl groups excluding tert-OH is 1. The van der Waals surface area contributed by atoms with E-state index >= 15 is 0 Å². The normalized spacial score (nSPS) is 12.1. The van der Waals surface area contributed by atoms with Gasteiger partial charge in [-0.2, -0.15) is 0 Å². The number of benzene rings is 2. The molecular formula is C22H24N2O2. The van der Waals surface area contributed by atoms with E-state index in [9.17, 15) is 9.90 Å². The Morgan fingerprint density at radius 2 is 1.54 bits per heavy atom. The standard InChI is InChI=1S/C22H24N2O2/c1-24-14-8-13-20(24)21(25)16-23-22(26)15-19(17-9-4-2-5-10-17)18-11-6-3-7-12-18/h2-14,19,21,25H,15-16H2,1H3,(H,23,26). The van der Waals surface area contributed by atoms with Gasteiger partial charge in [-0.15, -0.1) is 0 Å². The molecule has 0 aliphatic rings. The van der Waals surface area contributed by atoms with Gasteiger partial charge in [0.1, 0.15) is 6.10 Å². The molecule has 134 valence electrons. The molecule has 1 aromatic heterocycles. The number of aliphatic hydroxyl groups is 1. The summed E-state index contributed by atoms with van der Waals surface area (Å²) in [6, 6.07) is 23.8. The third kappa shape index (κ3) is 4.41. The van der Waals surface area contributed by atoms with E-state index in [2.05, 4.69) is 5.32 Å². The number of carbonyl (C=O) groups excluding carboxylic acids is 1. The fraction of sp³-hybridized carbons (Fsp3) is 0.227. The molecular weight excluding hydrogens is 324 g/mol. The molecule has 1 unspecified atom stereocenters. The average molecular weight is 348 g/mol. The number of hydrogen-bond acceptors (Lipinski definition) is 2. The summed E-state index contributed by atoms with van der Waals surface area (Å²) in [6.07, 6.45) is 1.50. The molecule has 4 nitrogen and oxygen atoms in total. The SMILES string of the molecule is Cn1cccc1C(O)CNC(=O)CC(c1ccccc1)c1ccccc1. The van der Waals surface area contributed by atoms with Crippen molar-refractivity contribution in [1.29, 1.82) is 0 Å². The lowest BCUT2D eigenvalue weighted by Crippen LogP contribution is -2.30. The minimum atomic E-state index is -0.717. The van der Waals surface area contributed by atoms with Gasteiger partial charge < -0.3 is 15.0 Å². The van der Waals surface area contributed by atoms with Gasteiger partial charge in [0.05, 0.1) is 0 Å². The van der Waals surface area contributed by atoms with Crippen LogP contribution >= 0.6 is 0 Å². The van der Waals surface area contributed by atoms with Crippen LogP contribution < -0.4 is 5.32 Å². The molecule has 0 fully saturated rings. The maximum absolute atomic E-state index is 12.5. The van der Waals surface area contributed by atoms with Crippen LogP contribution in [0.15, 0.2) is 79.0 Å². The zero-order valence-electron chi connectivity index (χ0n) is 14.9. The third-order valence-electron chi connectivity index (χ3n) is 4.61. The highest BCUT2D eigenvalue weighted by atomic mass is 16.3. The number of amides is 1. The molecule has 3 rings (SSSR count).